The van der Waals surface area contributed by atoms with Gasteiger partial charge in [-0.15, -0.1) is 0 Å². The first kappa shape index (κ1) is 9.80. The van der Waals surface area contributed by atoms with Crippen molar-refractivity contribution in [2.45, 2.75) is 19.4 Å². The number of ether oxygens (including phenoxy) is 1. The van der Waals surface area contributed by atoms with Crippen molar-refractivity contribution in [3.05, 3.63) is 23.7 Å². The molecule has 1 N–H and O–H groups in total. The third-order valence-corrected chi connectivity index (χ3v) is 1.59. The number of carbonyl (C=O) groups excluding carboxylic acids is 1. The maximum atomic E-state index is 9.86. The Bertz CT molecular complexity index is 254. The van der Waals surface area contributed by atoms with E-state index in [1.54, 1.807) is 6.07 Å². The van der Waals surface area contributed by atoms with Crippen LogP contribution in [-0.4, -0.2) is 18.2 Å². The number of hydrogen-bond acceptors (Lipinski definition) is 4. The van der Waals surface area contributed by atoms with E-state index in [2.05, 4.69) is 4.74 Å². The van der Waals surface area contributed by atoms with Gasteiger partial charge in [0.25, 0.3) is 6.47 Å². The molecule has 13 heavy (non-hydrogen) atoms. The number of carbonyl (C=O) groups is 1. The largest absolute Gasteiger partial charge is 0.462 e. The van der Waals surface area contributed by atoms with E-state index in [1.807, 2.05) is 6.07 Å². The number of aryl methyl sites for hydroxylation is 1. The van der Waals surface area contributed by atoms with Gasteiger partial charge in [0, 0.05) is 13.0 Å². The van der Waals surface area contributed by atoms with Crippen molar-refractivity contribution in [2.24, 2.45) is 0 Å². The zero-order valence-electron chi connectivity index (χ0n) is 7.23. The minimum absolute atomic E-state index is 0.154. The fraction of sp³-hybridized carbons (Fsp3) is 0.444. The third-order valence-electron chi connectivity index (χ3n) is 1.59. The van der Waals surface area contributed by atoms with Gasteiger partial charge in [-0.1, -0.05) is 0 Å². The lowest BCUT2D eigenvalue weighted by Crippen LogP contribution is -1.88. The Balaban J connectivity index is 2.38. The van der Waals surface area contributed by atoms with Gasteiger partial charge in [-0.05, 0) is 18.6 Å². The highest BCUT2D eigenvalue weighted by atomic mass is 16.5. The first-order valence-corrected chi connectivity index (χ1v) is 4.10. The molecule has 1 heterocycles. The topological polar surface area (TPSA) is 59.7 Å². The lowest BCUT2D eigenvalue weighted by atomic mass is 10.3. The standard InChI is InChI=1S/C9H12O4/c10-5-1-2-8-3-4-9(13-8)6-12-7-11/h3-4,7,10H,1-2,5-6H2. The van der Waals surface area contributed by atoms with Gasteiger partial charge >= 0.3 is 0 Å². The monoisotopic (exact) mass is 184 g/mol. The van der Waals surface area contributed by atoms with Crippen LogP contribution in [0.1, 0.15) is 17.9 Å². The SMILES string of the molecule is O=COCc1ccc(CCCO)o1. The lowest BCUT2D eigenvalue weighted by Gasteiger charge is -1.94. The smallest absolute Gasteiger partial charge is 0.293 e. The quantitative estimate of drug-likeness (QED) is 0.666. The second-order valence-electron chi connectivity index (χ2n) is 2.60. The third kappa shape index (κ3) is 3.29. The number of hydrogen-bond donors (Lipinski definition) is 1. The normalized spacial score (nSPS) is 9.92. The minimum atomic E-state index is 0.154. The number of furan rings is 1. The predicted molar refractivity (Wildman–Crippen MR) is 45.0 cm³/mol. The summed E-state index contributed by atoms with van der Waals surface area (Å²) < 4.78 is 9.81. The highest BCUT2D eigenvalue weighted by Crippen LogP contribution is 2.10. The molecule has 0 radical (unpaired) electrons. The molecule has 1 aromatic heterocycles. The Hall–Kier alpha value is -1.29. The van der Waals surface area contributed by atoms with Gasteiger partial charge in [-0.2, -0.15) is 0 Å². The fourth-order valence-corrected chi connectivity index (χ4v) is 1.00. The van der Waals surface area contributed by atoms with Crippen molar-refractivity contribution in [3.8, 4) is 0 Å². The van der Waals surface area contributed by atoms with Gasteiger partial charge in [0.2, 0.25) is 0 Å². The van der Waals surface area contributed by atoms with Crippen LogP contribution in [0.25, 0.3) is 0 Å². The highest BCUT2D eigenvalue weighted by Gasteiger charge is 2.01. The zero-order valence-corrected chi connectivity index (χ0v) is 7.23. The number of rotatable bonds is 6. The summed E-state index contributed by atoms with van der Waals surface area (Å²) in [7, 11) is 0. The summed E-state index contributed by atoms with van der Waals surface area (Å²) in [5, 5.41) is 8.56. The minimum Gasteiger partial charge on any atom is -0.462 e. The molecule has 0 saturated heterocycles. The van der Waals surface area contributed by atoms with Gasteiger partial charge in [-0.25, -0.2) is 0 Å². The zero-order chi connectivity index (χ0) is 9.52. The molecule has 0 unspecified atom stereocenters. The van der Waals surface area contributed by atoms with Crippen molar-refractivity contribution >= 4 is 6.47 Å². The van der Waals surface area contributed by atoms with Crippen LogP contribution in [0.2, 0.25) is 0 Å². The Labute approximate surface area is 76.1 Å². The highest BCUT2D eigenvalue weighted by molar-refractivity contribution is 5.37. The molecule has 0 aliphatic heterocycles. The van der Waals surface area contributed by atoms with Crippen molar-refractivity contribution < 1.29 is 19.1 Å². The average Bonchev–Trinajstić information content (AvgIpc) is 2.59. The molecule has 0 amide bonds. The van der Waals surface area contributed by atoms with E-state index in [4.69, 9.17) is 9.52 Å². The molecular weight excluding hydrogens is 172 g/mol. The molecule has 0 atom stereocenters. The van der Waals surface area contributed by atoms with Crippen LogP contribution >= 0.6 is 0 Å². The molecule has 72 valence electrons. The van der Waals surface area contributed by atoms with Gasteiger partial charge in [-0.3, -0.25) is 4.79 Å². The Morgan fingerprint density at radius 2 is 2.23 bits per heavy atom. The molecule has 0 saturated carbocycles. The number of aliphatic hydroxyl groups excluding tert-OH is 1. The van der Waals surface area contributed by atoms with E-state index in [-0.39, 0.29) is 13.2 Å². The van der Waals surface area contributed by atoms with E-state index in [9.17, 15) is 4.79 Å². The van der Waals surface area contributed by atoms with Gasteiger partial charge in [0.1, 0.15) is 18.1 Å². The molecule has 4 nitrogen and oxygen atoms in total. The van der Waals surface area contributed by atoms with E-state index in [0.29, 0.717) is 25.1 Å². The summed E-state index contributed by atoms with van der Waals surface area (Å²) in [6.07, 6.45) is 1.39. The lowest BCUT2D eigenvalue weighted by molar-refractivity contribution is -0.130. The molecular formula is C9H12O4. The molecule has 1 aromatic rings. The van der Waals surface area contributed by atoms with Crippen LogP contribution in [0, 0.1) is 0 Å². The van der Waals surface area contributed by atoms with Crippen molar-refractivity contribution in [3.63, 3.8) is 0 Å². The van der Waals surface area contributed by atoms with E-state index in [0.717, 1.165) is 5.76 Å². The second kappa shape index (κ2) is 5.37. The second-order valence-corrected chi connectivity index (χ2v) is 2.60. The van der Waals surface area contributed by atoms with Crippen molar-refractivity contribution in [1.29, 1.82) is 0 Å². The maximum Gasteiger partial charge on any atom is 0.293 e. The van der Waals surface area contributed by atoms with Gasteiger partial charge < -0.3 is 14.3 Å². The van der Waals surface area contributed by atoms with E-state index in [1.165, 1.54) is 0 Å². The summed E-state index contributed by atoms with van der Waals surface area (Å²) in [6.45, 7) is 0.708. The van der Waals surface area contributed by atoms with Crippen LogP contribution in [0.4, 0.5) is 0 Å². The predicted octanol–water partition coefficient (Wildman–Crippen LogP) is 0.877. The Morgan fingerprint density at radius 3 is 2.92 bits per heavy atom. The first-order chi connectivity index (χ1) is 6.36. The molecule has 0 aromatic carbocycles. The van der Waals surface area contributed by atoms with Crippen LogP contribution in [0.15, 0.2) is 16.5 Å². The van der Waals surface area contributed by atoms with Gasteiger partial charge in [0.05, 0.1) is 0 Å². The molecule has 0 fully saturated rings. The molecule has 0 aliphatic rings. The van der Waals surface area contributed by atoms with Gasteiger partial charge in [0.15, 0.2) is 0 Å². The van der Waals surface area contributed by atoms with Crippen LogP contribution in [0.5, 0.6) is 0 Å². The maximum absolute atomic E-state index is 9.86. The van der Waals surface area contributed by atoms with Crippen LogP contribution < -0.4 is 0 Å². The summed E-state index contributed by atoms with van der Waals surface area (Å²) in [5.74, 6) is 1.43. The molecule has 4 heteroatoms. The van der Waals surface area contributed by atoms with E-state index >= 15 is 0 Å². The van der Waals surface area contributed by atoms with Crippen LogP contribution in [0.3, 0.4) is 0 Å². The average molecular weight is 184 g/mol. The Morgan fingerprint density at radius 1 is 1.46 bits per heavy atom. The summed E-state index contributed by atoms with van der Waals surface area (Å²) in [4.78, 5) is 9.86. The molecule has 0 aliphatic carbocycles. The molecule has 0 bridgehead atoms. The van der Waals surface area contributed by atoms with E-state index < -0.39 is 0 Å². The summed E-state index contributed by atoms with van der Waals surface area (Å²) in [6, 6.07) is 3.58. The number of aliphatic hydroxyl groups is 1. The molecule has 0 spiro atoms. The Kier molecular flexibility index (Phi) is 4.05. The summed E-state index contributed by atoms with van der Waals surface area (Å²) >= 11 is 0. The molecule has 1 rings (SSSR count). The first-order valence-electron chi connectivity index (χ1n) is 4.10. The van der Waals surface area contributed by atoms with Crippen molar-refractivity contribution in [1.82, 2.24) is 0 Å². The van der Waals surface area contributed by atoms with Crippen LogP contribution in [-0.2, 0) is 22.6 Å². The van der Waals surface area contributed by atoms with Crippen molar-refractivity contribution in [2.75, 3.05) is 6.61 Å². The summed E-state index contributed by atoms with van der Waals surface area (Å²) in [5.41, 5.74) is 0. The fourth-order valence-electron chi connectivity index (χ4n) is 1.00.